The molecule has 2 aliphatic rings. The normalized spacial score (nSPS) is 56.7. The third-order valence-electron chi connectivity index (χ3n) is 2.60. The summed E-state index contributed by atoms with van der Waals surface area (Å²) in [5.74, 6) is -0.717. The van der Waals surface area contributed by atoms with Gasteiger partial charge in [0.2, 0.25) is 0 Å². The molecule has 0 amide bonds. The topological polar surface area (TPSA) is 32.8 Å². The predicted molar refractivity (Wildman–Crippen MR) is 32.9 cm³/mol. The average molecular weight is 128 g/mol. The van der Waals surface area contributed by atoms with Gasteiger partial charge in [0.25, 0.3) is 0 Å². The Hall–Kier alpha value is -0.0800. The molecular formula is C7H12O2. The molecule has 0 aromatic heterocycles. The Morgan fingerprint density at radius 3 is 2.44 bits per heavy atom. The Labute approximate surface area is 54.8 Å². The van der Waals surface area contributed by atoms with Crippen LogP contribution in [0.25, 0.3) is 0 Å². The fourth-order valence-corrected chi connectivity index (χ4v) is 1.74. The first-order valence-corrected chi connectivity index (χ1v) is 3.59. The van der Waals surface area contributed by atoms with Crippen molar-refractivity contribution < 1.29 is 9.84 Å². The lowest BCUT2D eigenvalue weighted by Crippen LogP contribution is -2.26. The molecule has 52 valence electrons. The number of epoxide rings is 1. The molecule has 1 saturated carbocycles. The van der Waals surface area contributed by atoms with Gasteiger partial charge in [0.1, 0.15) is 5.60 Å². The Morgan fingerprint density at radius 2 is 2.00 bits per heavy atom. The highest BCUT2D eigenvalue weighted by Crippen LogP contribution is 2.55. The molecule has 0 spiro atoms. The van der Waals surface area contributed by atoms with Gasteiger partial charge in [-0.05, 0) is 19.8 Å². The quantitative estimate of drug-likeness (QED) is 0.494. The van der Waals surface area contributed by atoms with E-state index in [1.165, 1.54) is 6.42 Å². The van der Waals surface area contributed by atoms with Crippen LogP contribution in [0.3, 0.4) is 0 Å². The molecule has 2 atom stereocenters. The monoisotopic (exact) mass is 128 g/mol. The molecule has 1 aliphatic heterocycles. The van der Waals surface area contributed by atoms with Crippen LogP contribution < -0.4 is 0 Å². The summed E-state index contributed by atoms with van der Waals surface area (Å²) < 4.78 is 5.21. The zero-order chi connectivity index (χ0) is 6.54. The van der Waals surface area contributed by atoms with E-state index in [1.807, 2.05) is 6.92 Å². The SMILES string of the molecule is CC12CCCCC1(O)O2. The summed E-state index contributed by atoms with van der Waals surface area (Å²) >= 11 is 0. The molecule has 0 aromatic carbocycles. The zero-order valence-electron chi connectivity index (χ0n) is 5.68. The molecule has 1 saturated heterocycles. The first kappa shape index (κ1) is 5.69. The van der Waals surface area contributed by atoms with Crippen LogP contribution in [0, 0.1) is 0 Å². The van der Waals surface area contributed by atoms with E-state index in [1.54, 1.807) is 0 Å². The van der Waals surface area contributed by atoms with E-state index in [2.05, 4.69) is 0 Å². The van der Waals surface area contributed by atoms with Crippen molar-refractivity contribution in [2.45, 2.75) is 44.0 Å². The van der Waals surface area contributed by atoms with Gasteiger partial charge in [-0.3, -0.25) is 0 Å². The van der Waals surface area contributed by atoms with Gasteiger partial charge in [-0.1, -0.05) is 6.42 Å². The number of ether oxygens (including phenoxy) is 1. The van der Waals surface area contributed by atoms with Crippen LogP contribution in [0.5, 0.6) is 0 Å². The number of rotatable bonds is 0. The fraction of sp³-hybridized carbons (Fsp3) is 1.00. The molecule has 1 aliphatic carbocycles. The lowest BCUT2D eigenvalue weighted by atomic mass is 9.88. The van der Waals surface area contributed by atoms with E-state index >= 15 is 0 Å². The van der Waals surface area contributed by atoms with Gasteiger partial charge >= 0.3 is 0 Å². The zero-order valence-corrected chi connectivity index (χ0v) is 5.68. The van der Waals surface area contributed by atoms with Crippen molar-refractivity contribution in [2.75, 3.05) is 0 Å². The van der Waals surface area contributed by atoms with Crippen LogP contribution in [0.15, 0.2) is 0 Å². The summed E-state index contributed by atoms with van der Waals surface area (Å²) in [4.78, 5) is 0. The minimum Gasteiger partial charge on any atom is -0.363 e. The molecule has 1 heterocycles. The maximum absolute atomic E-state index is 9.49. The second-order valence-corrected chi connectivity index (χ2v) is 3.32. The molecule has 2 heteroatoms. The maximum Gasteiger partial charge on any atom is 0.195 e. The molecule has 0 aromatic rings. The third-order valence-corrected chi connectivity index (χ3v) is 2.60. The van der Waals surface area contributed by atoms with Crippen molar-refractivity contribution in [3.8, 4) is 0 Å². The highest BCUT2D eigenvalue weighted by Gasteiger charge is 2.66. The summed E-state index contributed by atoms with van der Waals surface area (Å²) in [5.41, 5.74) is -0.161. The van der Waals surface area contributed by atoms with Crippen LogP contribution in [0.4, 0.5) is 0 Å². The van der Waals surface area contributed by atoms with Gasteiger partial charge < -0.3 is 9.84 Å². The molecule has 2 nitrogen and oxygen atoms in total. The largest absolute Gasteiger partial charge is 0.363 e. The minimum absolute atomic E-state index is 0.161. The first-order chi connectivity index (χ1) is 4.16. The number of hydrogen-bond acceptors (Lipinski definition) is 2. The molecule has 2 fully saturated rings. The number of fused-ring (bicyclic) bond motifs is 1. The maximum atomic E-state index is 9.49. The second-order valence-electron chi connectivity index (χ2n) is 3.32. The van der Waals surface area contributed by atoms with Crippen molar-refractivity contribution >= 4 is 0 Å². The van der Waals surface area contributed by atoms with E-state index in [-0.39, 0.29) is 5.60 Å². The minimum atomic E-state index is -0.717. The Balaban J connectivity index is 2.15. The van der Waals surface area contributed by atoms with E-state index < -0.39 is 5.79 Å². The lowest BCUT2D eigenvalue weighted by Gasteiger charge is -2.16. The third kappa shape index (κ3) is 0.578. The predicted octanol–water partition coefficient (Wildman–Crippen LogP) is 1.04. The lowest BCUT2D eigenvalue weighted by molar-refractivity contribution is 0.0239. The first-order valence-electron chi connectivity index (χ1n) is 3.59. The standard InChI is InChI=1S/C7H12O2/c1-6-4-2-3-5-7(6,8)9-6/h8H,2-5H2,1H3. The van der Waals surface area contributed by atoms with Crippen molar-refractivity contribution in [2.24, 2.45) is 0 Å². The van der Waals surface area contributed by atoms with Crippen LogP contribution in [0.1, 0.15) is 32.6 Å². The molecular weight excluding hydrogens is 116 g/mol. The smallest absolute Gasteiger partial charge is 0.195 e. The average Bonchev–Trinajstić information content (AvgIpc) is 2.33. The van der Waals surface area contributed by atoms with Gasteiger partial charge in [0, 0.05) is 6.42 Å². The Bertz CT molecular complexity index is 122. The van der Waals surface area contributed by atoms with Gasteiger partial charge in [-0.25, -0.2) is 0 Å². The molecule has 2 rings (SSSR count). The van der Waals surface area contributed by atoms with Gasteiger partial charge in [0.15, 0.2) is 5.79 Å². The summed E-state index contributed by atoms with van der Waals surface area (Å²) in [7, 11) is 0. The van der Waals surface area contributed by atoms with Gasteiger partial charge in [0.05, 0.1) is 0 Å². The fourth-order valence-electron chi connectivity index (χ4n) is 1.74. The molecule has 1 N–H and O–H groups in total. The van der Waals surface area contributed by atoms with E-state index in [9.17, 15) is 5.11 Å². The summed E-state index contributed by atoms with van der Waals surface area (Å²) in [6.07, 6.45) is 4.19. The molecule has 9 heavy (non-hydrogen) atoms. The Morgan fingerprint density at radius 1 is 1.33 bits per heavy atom. The highest BCUT2D eigenvalue weighted by molar-refractivity contribution is 5.07. The second kappa shape index (κ2) is 1.32. The molecule has 0 radical (unpaired) electrons. The molecule has 0 bridgehead atoms. The summed E-state index contributed by atoms with van der Waals surface area (Å²) in [6.45, 7) is 1.99. The number of aliphatic hydroxyl groups is 1. The van der Waals surface area contributed by atoms with E-state index in [0.717, 1.165) is 19.3 Å². The summed E-state index contributed by atoms with van der Waals surface area (Å²) in [6, 6.07) is 0. The Kier molecular flexibility index (Phi) is 0.837. The summed E-state index contributed by atoms with van der Waals surface area (Å²) in [5, 5.41) is 9.49. The molecule has 2 unspecified atom stereocenters. The van der Waals surface area contributed by atoms with Crippen LogP contribution in [0.2, 0.25) is 0 Å². The van der Waals surface area contributed by atoms with Crippen molar-refractivity contribution in [3.05, 3.63) is 0 Å². The van der Waals surface area contributed by atoms with Crippen LogP contribution in [-0.2, 0) is 4.74 Å². The number of hydrogen-bond donors (Lipinski definition) is 1. The van der Waals surface area contributed by atoms with Crippen LogP contribution >= 0.6 is 0 Å². The van der Waals surface area contributed by atoms with Crippen LogP contribution in [-0.4, -0.2) is 16.5 Å². The van der Waals surface area contributed by atoms with Gasteiger partial charge in [-0.15, -0.1) is 0 Å². The highest BCUT2D eigenvalue weighted by atomic mass is 16.7. The van der Waals surface area contributed by atoms with E-state index in [0.29, 0.717) is 0 Å². The van der Waals surface area contributed by atoms with Crippen molar-refractivity contribution in [1.29, 1.82) is 0 Å². The van der Waals surface area contributed by atoms with E-state index in [4.69, 9.17) is 4.74 Å². The van der Waals surface area contributed by atoms with Crippen molar-refractivity contribution in [1.82, 2.24) is 0 Å². The van der Waals surface area contributed by atoms with Gasteiger partial charge in [-0.2, -0.15) is 0 Å². The van der Waals surface area contributed by atoms with Crippen molar-refractivity contribution in [3.63, 3.8) is 0 Å².